The van der Waals surface area contributed by atoms with Crippen molar-refractivity contribution in [3.63, 3.8) is 0 Å². The van der Waals surface area contributed by atoms with E-state index in [1.807, 2.05) is 54.6 Å². The summed E-state index contributed by atoms with van der Waals surface area (Å²) in [6, 6.07) is 17.9. The van der Waals surface area contributed by atoms with E-state index in [4.69, 9.17) is 9.47 Å². The number of imide groups is 1. The van der Waals surface area contributed by atoms with Gasteiger partial charge in [0.15, 0.2) is 11.6 Å². The minimum atomic E-state index is -0.681. The number of carbonyl (C=O) groups excluding carboxylic acids is 4. The minimum Gasteiger partial charge on any atom is -0.508 e. The molecule has 3 aromatic rings. The van der Waals surface area contributed by atoms with Gasteiger partial charge in [-0.1, -0.05) is 48.1 Å². The second kappa shape index (κ2) is 12.2. The fourth-order valence-electron chi connectivity index (χ4n) is 7.59. The normalized spacial score (nSPS) is 23.5. The molecule has 4 atom stereocenters. The van der Waals surface area contributed by atoms with Crippen LogP contribution in [0.1, 0.15) is 41.0 Å². The molecule has 0 unspecified atom stereocenters. The molecule has 0 saturated carbocycles. The van der Waals surface area contributed by atoms with Gasteiger partial charge < -0.3 is 14.6 Å². The summed E-state index contributed by atoms with van der Waals surface area (Å²) in [5.74, 6) is -1.87. The number of phenols is 1. The van der Waals surface area contributed by atoms with Gasteiger partial charge in [0.05, 0.1) is 36.2 Å². The van der Waals surface area contributed by atoms with Crippen LogP contribution in [0.3, 0.4) is 0 Å². The highest BCUT2D eigenvalue weighted by molar-refractivity contribution is 9.12. The number of aryl methyl sites for hydroxylation is 1. The molecule has 1 aliphatic heterocycles. The molecule has 1 heterocycles. The van der Waals surface area contributed by atoms with Crippen molar-refractivity contribution < 1.29 is 33.8 Å². The maximum absolute atomic E-state index is 14.3. The van der Waals surface area contributed by atoms with Gasteiger partial charge in [0.1, 0.15) is 17.2 Å². The fraction of sp³-hybridized carbons (Fsp3) is 0.231. The number of fused-ring (bicyclic) bond motifs is 3. The van der Waals surface area contributed by atoms with E-state index in [-0.39, 0.29) is 40.0 Å². The first kappa shape index (κ1) is 31.6. The molecule has 3 aliphatic carbocycles. The minimum absolute atomic E-state index is 0.125. The molecule has 7 rings (SSSR count). The number of ether oxygens (including phenoxy) is 2. The largest absolute Gasteiger partial charge is 0.508 e. The third kappa shape index (κ3) is 5.13. The Labute approximate surface area is 286 Å². The molecule has 9 heteroatoms. The fourth-order valence-corrected chi connectivity index (χ4v) is 8.04. The predicted molar refractivity (Wildman–Crippen MR) is 185 cm³/mol. The van der Waals surface area contributed by atoms with Gasteiger partial charge in [-0.15, -0.1) is 0 Å². The molecule has 0 radical (unpaired) electrons. The number of allylic oxidation sites excluding steroid dienone is 6. The van der Waals surface area contributed by atoms with Crippen LogP contribution in [0.4, 0.5) is 5.69 Å². The number of aromatic hydroxyl groups is 1. The summed E-state index contributed by atoms with van der Waals surface area (Å²) in [4.78, 5) is 56.4. The number of nitrogens with zero attached hydrogens (tertiary/aromatic N) is 1. The van der Waals surface area contributed by atoms with Crippen LogP contribution in [0.15, 0.2) is 94.0 Å². The van der Waals surface area contributed by atoms with Crippen molar-refractivity contribution in [3.8, 4) is 17.2 Å². The predicted octanol–water partition coefficient (Wildman–Crippen LogP) is 6.85. The Morgan fingerprint density at radius 3 is 2.38 bits per heavy atom. The van der Waals surface area contributed by atoms with E-state index >= 15 is 0 Å². The molecule has 0 aromatic heterocycles. The van der Waals surface area contributed by atoms with E-state index in [1.54, 1.807) is 45.4 Å². The molecular formula is C39H32BrNO7. The van der Waals surface area contributed by atoms with Crippen LogP contribution < -0.4 is 14.4 Å². The highest BCUT2D eigenvalue weighted by Crippen LogP contribution is 2.55. The summed E-state index contributed by atoms with van der Waals surface area (Å²) < 4.78 is 11.0. The molecule has 4 aliphatic rings. The highest BCUT2D eigenvalue weighted by atomic mass is 79.9. The number of ketones is 2. The Hall–Kier alpha value is -5.02. The smallest absolute Gasteiger partial charge is 0.238 e. The second-order valence-electron chi connectivity index (χ2n) is 12.5. The zero-order chi connectivity index (χ0) is 33.9. The number of amides is 2. The summed E-state index contributed by atoms with van der Waals surface area (Å²) in [6.45, 7) is 1.78. The van der Waals surface area contributed by atoms with E-state index < -0.39 is 23.7 Å². The van der Waals surface area contributed by atoms with E-state index in [2.05, 4.69) is 15.9 Å². The van der Waals surface area contributed by atoms with Crippen molar-refractivity contribution in [2.24, 2.45) is 17.8 Å². The summed E-state index contributed by atoms with van der Waals surface area (Å²) >= 11 is 3.27. The van der Waals surface area contributed by atoms with Crippen LogP contribution in [-0.2, 0) is 19.2 Å². The molecule has 0 spiro atoms. The van der Waals surface area contributed by atoms with Crippen LogP contribution in [-0.4, -0.2) is 42.7 Å². The standard InChI is InChI=1S/C39H32BrNO7/c1-20-16-23(8-14-31(20)42)34-26-12-13-27-35(28(26)18-29-36(34)32(43)19-30(40)37(29)44)39(46)41(38(27)45)24-9-5-21(6-10-24)4-7-22-17-25(47-2)11-15-33(22)48-3/h4-12,14-17,19,27-28,34-35,42H,13,18H2,1-3H3/t27-,28+,34-,35-/m0/s1. The monoisotopic (exact) mass is 705 g/mol. The van der Waals surface area contributed by atoms with Crippen molar-refractivity contribution in [2.75, 3.05) is 19.1 Å². The maximum Gasteiger partial charge on any atom is 0.238 e. The number of Topliss-reactive ketones (excluding diaryl/α,β-unsaturated/α-hetero) is 1. The lowest BCUT2D eigenvalue weighted by atomic mass is 9.59. The van der Waals surface area contributed by atoms with Gasteiger partial charge in [0.25, 0.3) is 0 Å². The van der Waals surface area contributed by atoms with Gasteiger partial charge in [0.2, 0.25) is 11.8 Å². The maximum atomic E-state index is 14.3. The van der Waals surface area contributed by atoms with Gasteiger partial charge in [-0.3, -0.25) is 24.1 Å². The highest BCUT2D eigenvalue weighted by Gasteiger charge is 2.56. The van der Waals surface area contributed by atoms with E-state index in [9.17, 15) is 24.3 Å². The number of methoxy groups -OCH3 is 2. The number of hydrogen-bond acceptors (Lipinski definition) is 7. The molecule has 8 nitrogen and oxygen atoms in total. The molecule has 242 valence electrons. The van der Waals surface area contributed by atoms with Gasteiger partial charge >= 0.3 is 0 Å². The van der Waals surface area contributed by atoms with Crippen LogP contribution in [0, 0.1) is 24.7 Å². The Morgan fingerprint density at radius 2 is 1.67 bits per heavy atom. The Kier molecular flexibility index (Phi) is 8.03. The third-order valence-corrected chi connectivity index (χ3v) is 10.5. The number of carbonyl (C=O) groups is 4. The zero-order valence-electron chi connectivity index (χ0n) is 26.5. The number of halogens is 1. The van der Waals surface area contributed by atoms with Gasteiger partial charge in [-0.2, -0.15) is 0 Å². The first-order valence-electron chi connectivity index (χ1n) is 15.7. The lowest BCUT2D eigenvalue weighted by Gasteiger charge is -2.42. The summed E-state index contributed by atoms with van der Waals surface area (Å²) in [5.41, 5.74) is 5.21. The first-order valence-corrected chi connectivity index (χ1v) is 16.5. The van der Waals surface area contributed by atoms with Gasteiger partial charge in [-0.25, -0.2) is 0 Å². The lowest BCUT2D eigenvalue weighted by molar-refractivity contribution is -0.123. The third-order valence-electron chi connectivity index (χ3n) is 9.93. The van der Waals surface area contributed by atoms with Crippen LogP contribution in [0.2, 0.25) is 0 Å². The van der Waals surface area contributed by atoms with Crippen LogP contribution in [0.25, 0.3) is 12.2 Å². The van der Waals surface area contributed by atoms with Crippen molar-refractivity contribution in [1.29, 1.82) is 0 Å². The number of rotatable bonds is 6. The van der Waals surface area contributed by atoms with Crippen molar-refractivity contribution in [1.82, 2.24) is 0 Å². The van der Waals surface area contributed by atoms with Crippen molar-refractivity contribution >= 4 is 57.2 Å². The Balaban J connectivity index is 1.21. The Morgan fingerprint density at radius 1 is 0.896 bits per heavy atom. The van der Waals surface area contributed by atoms with E-state index in [0.717, 1.165) is 22.3 Å². The van der Waals surface area contributed by atoms with E-state index in [1.165, 1.54) is 11.0 Å². The molecule has 48 heavy (non-hydrogen) atoms. The number of phenolic OH excluding ortho intramolecular Hbond substituents is 1. The first-order chi connectivity index (χ1) is 23.1. The molecular weight excluding hydrogens is 674 g/mol. The number of hydrogen-bond donors (Lipinski definition) is 1. The lowest BCUT2D eigenvalue weighted by Crippen LogP contribution is -2.39. The molecule has 1 saturated heterocycles. The topological polar surface area (TPSA) is 110 Å². The average Bonchev–Trinajstić information content (AvgIpc) is 3.35. The number of benzene rings is 3. The molecule has 3 aromatic carbocycles. The Bertz CT molecular complexity index is 2040. The van der Waals surface area contributed by atoms with Gasteiger partial charge in [-0.05, 0) is 94.7 Å². The summed E-state index contributed by atoms with van der Waals surface area (Å²) in [6.07, 6.45) is 7.66. The van der Waals surface area contributed by atoms with Crippen LogP contribution in [0.5, 0.6) is 17.2 Å². The number of anilines is 1. The van der Waals surface area contributed by atoms with Crippen molar-refractivity contribution in [3.05, 3.63) is 116 Å². The quantitative estimate of drug-likeness (QED) is 0.129. The van der Waals surface area contributed by atoms with Crippen molar-refractivity contribution in [2.45, 2.75) is 25.7 Å². The average molecular weight is 707 g/mol. The van der Waals surface area contributed by atoms with Crippen LogP contribution >= 0.6 is 15.9 Å². The van der Waals surface area contributed by atoms with E-state index in [0.29, 0.717) is 40.3 Å². The summed E-state index contributed by atoms with van der Waals surface area (Å²) in [7, 11) is 3.21. The summed E-state index contributed by atoms with van der Waals surface area (Å²) in [5, 5.41) is 10.2. The SMILES string of the molecule is COc1ccc(OC)c(C=Cc2ccc(N3C(=O)[C@H]4[C@H](CC=C5[C@H](c6ccc(O)c(C)c6)C6=C(C[C@H]54)C(=O)C(Br)=CC6=O)C3=O)cc2)c1. The zero-order valence-corrected chi connectivity index (χ0v) is 28.1. The second-order valence-corrected chi connectivity index (χ2v) is 13.3. The molecule has 2 amide bonds. The molecule has 1 N–H and O–H groups in total. The molecule has 0 bridgehead atoms. The molecule has 1 fully saturated rings. The van der Waals surface area contributed by atoms with Gasteiger partial charge in [0, 0.05) is 28.7 Å².